The van der Waals surface area contributed by atoms with Gasteiger partial charge in [0.2, 0.25) is 0 Å². The second-order valence-electron chi connectivity index (χ2n) is 4.71. The van der Waals surface area contributed by atoms with Crippen LogP contribution in [0.15, 0.2) is 45.3 Å². The molecule has 0 heterocycles. The van der Waals surface area contributed by atoms with E-state index in [1.807, 2.05) is 6.92 Å². The lowest BCUT2D eigenvalue weighted by molar-refractivity contribution is 0.315. The van der Waals surface area contributed by atoms with E-state index in [-0.39, 0.29) is 17.4 Å². The second kappa shape index (κ2) is 14.5. The fourth-order valence-corrected chi connectivity index (χ4v) is 2.10. The zero-order valence-corrected chi connectivity index (χ0v) is 18.8. The van der Waals surface area contributed by atoms with E-state index < -0.39 is 0 Å². The van der Waals surface area contributed by atoms with E-state index in [9.17, 15) is 8.78 Å². The third-order valence-corrected chi connectivity index (χ3v) is 4.50. The fourth-order valence-electron chi connectivity index (χ4n) is 1.29. The maximum absolute atomic E-state index is 12.6. The molecule has 2 aromatic rings. The Labute approximate surface area is 173 Å². The minimum absolute atomic E-state index is 0.0522. The number of benzene rings is 2. The van der Waals surface area contributed by atoms with Crippen molar-refractivity contribution in [2.24, 2.45) is 0 Å². The van der Waals surface area contributed by atoms with Gasteiger partial charge in [0.1, 0.15) is 23.1 Å². The zero-order chi connectivity index (χ0) is 19.2. The fraction of sp³-hybridized carbons (Fsp3) is 0.333. The van der Waals surface area contributed by atoms with Gasteiger partial charge < -0.3 is 9.84 Å². The normalized spacial score (nSPS) is 9.40. The highest BCUT2D eigenvalue weighted by Crippen LogP contribution is 2.25. The molecule has 0 amide bonds. The van der Waals surface area contributed by atoms with Crippen molar-refractivity contribution in [3.63, 3.8) is 0 Å². The van der Waals surface area contributed by atoms with Gasteiger partial charge in [0, 0.05) is 5.33 Å². The second-order valence-corrected chi connectivity index (χ2v) is 7.21. The molecule has 1 N–H and O–H groups in total. The Bertz CT molecular complexity index is 623. The van der Waals surface area contributed by atoms with Gasteiger partial charge in [-0.05, 0) is 81.1 Å². The van der Waals surface area contributed by atoms with Gasteiger partial charge in [-0.3, -0.25) is 0 Å². The first-order chi connectivity index (χ1) is 11.8. The summed E-state index contributed by atoms with van der Waals surface area (Å²) < 4.78 is 31.2. The summed E-state index contributed by atoms with van der Waals surface area (Å²) in [5.41, 5.74) is 0. The number of halogens is 5. The molecule has 25 heavy (non-hydrogen) atoms. The van der Waals surface area contributed by atoms with Crippen LogP contribution in [0.4, 0.5) is 8.78 Å². The number of hydrogen-bond acceptors (Lipinski definition) is 2. The van der Waals surface area contributed by atoms with Crippen LogP contribution < -0.4 is 4.74 Å². The molecule has 7 heteroatoms. The molecule has 0 atom stereocenters. The van der Waals surface area contributed by atoms with E-state index in [1.165, 1.54) is 36.8 Å². The van der Waals surface area contributed by atoms with E-state index in [4.69, 9.17) is 9.84 Å². The van der Waals surface area contributed by atoms with Gasteiger partial charge in [0.25, 0.3) is 0 Å². The van der Waals surface area contributed by atoms with Crippen LogP contribution in [0.2, 0.25) is 0 Å². The minimum atomic E-state index is -0.361. The molecule has 0 fully saturated rings. The standard InChI is InChI=1S/C9H10BrFO.C6H4BrFO.C3H7Br/c1-2-5-12-9-4-3-7(11)6-8(9)10;7-5-3-4(8)1-2-6(5)9;1-2-3-4/h3-4,6H,2,5H2,1H3;1-3,9H;2-3H2,1H3. The Morgan fingerprint density at radius 3 is 1.84 bits per heavy atom. The molecule has 0 saturated heterocycles. The lowest BCUT2D eigenvalue weighted by Crippen LogP contribution is -1.95. The summed E-state index contributed by atoms with van der Waals surface area (Å²) >= 11 is 9.42. The van der Waals surface area contributed by atoms with Crippen LogP contribution in [0, 0.1) is 11.6 Å². The molecule has 0 aliphatic rings. The van der Waals surface area contributed by atoms with Crippen molar-refractivity contribution in [3.05, 3.63) is 57.0 Å². The lowest BCUT2D eigenvalue weighted by Gasteiger charge is -2.05. The minimum Gasteiger partial charge on any atom is -0.507 e. The molecule has 2 rings (SSSR count). The zero-order valence-electron chi connectivity index (χ0n) is 14.0. The quantitative estimate of drug-likeness (QED) is 0.403. The van der Waals surface area contributed by atoms with Crippen molar-refractivity contribution >= 4 is 47.8 Å². The van der Waals surface area contributed by atoms with Crippen molar-refractivity contribution < 1.29 is 18.6 Å². The summed E-state index contributed by atoms with van der Waals surface area (Å²) in [7, 11) is 0. The van der Waals surface area contributed by atoms with Crippen molar-refractivity contribution in [3.8, 4) is 11.5 Å². The number of phenolic OH excluding ortho intramolecular Hbond substituents is 1. The first-order valence-corrected chi connectivity index (χ1v) is 10.3. The predicted octanol–water partition coefficient (Wildman–Crippen LogP) is 7.46. The van der Waals surface area contributed by atoms with Gasteiger partial charge in [0.15, 0.2) is 0 Å². The Hall–Kier alpha value is -0.660. The Morgan fingerprint density at radius 2 is 1.44 bits per heavy atom. The first kappa shape index (κ1) is 24.3. The smallest absolute Gasteiger partial charge is 0.133 e. The van der Waals surface area contributed by atoms with Crippen LogP contribution >= 0.6 is 47.8 Å². The average molecular weight is 547 g/mol. The van der Waals surface area contributed by atoms with Gasteiger partial charge in [-0.15, -0.1) is 0 Å². The van der Waals surface area contributed by atoms with Gasteiger partial charge in [-0.2, -0.15) is 0 Å². The number of hydrogen-bond donors (Lipinski definition) is 1. The van der Waals surface area contributed by atoms with E-state index in [1.54, 1.807) is 6.07 Å². The molecule has 0 aliphatic heterocycles. The van der Waals surface area contributed by atoms with Crippen LogP contribution in [-0.2, 0) is 0 Å². The number of aromatic hydroxyl groups is 1. The summed E-state index contributed by atoms with van der Waals surface area (Å²) in [6.45, 7) is 4.82. The lowest BCUT2D eigenvalue weighted by atomic mass is 10.3. The van der Waals surface area contributed by atoms with Gasteiger partial charge in [0.05, 0.1) is 15.6 Å². The van der Waals surface area contributed by atoms with Gasteiger partial charge >= 0.3 is 0 Å². The molecule has 2 nitrogen and oxygen atoms in total. The molecule has 0 unspecified atom stereocenters. The van der Waals surface area contributed by atoms with Crippen molar-refractivity contribution in [2.75, 3.05) is 11.9 Å². The SMILES string of the molecule is CCCBr.CCCOc1ccc(F)cc1Br.Oc1ccc(F)cc1Br. The summed E-state index contributed by atoms with van der Waals surface area (Å²) in [6, 6.07) is 8.09. The van der Waals surface area contributed by atoms with Crippen LogP contribution in [0.3, 0.4) is 0 Å². The summed E-state index contributed by atoms with van der Waals surface area (Å²) in [5.74, 6) is 0.125. The number of phenols is 1. The van der Waals surface area contributed by atoms with Crippen molar-refractivity contribution in [1.82, 2.24) is 0 Å². The van der Waals surface area contributed by atoms with Crippen LogP contribution in [0.25, 0.3) is 0 Å². The van der Waals surface area contributed by atoms with E-state index in [2.05, 4.69) is 54.7 Å². The van der Waals surface area contributed by atoms with Crippen molar-refractivity contribution in [2.45, 2.75) is 26.7 Å². The maximum atomic E-state index is 12.6. The van der Waals surface area contributed by atoms with E-state index in [0.29, 0.717) is 21.3 Å². The number of alkyl halides is 1. The highest BCUT2D eigenvalue weighted by Gasteiger charge is 2.01. The third-order valence-electron chi connectivity index (χ3n) is 2.45. The predicted molar refractivity (Wildman–Crippen MR) is 110 cm³/mol. The van der Waals surface area contributed by atoms with E-state index >= 15 is 0 Å². The van der Waals surface area contributed by atoms with Gasteiger partial charge in [-0.1, -0.05) is 29.8 Å². The number of ether oxygens (including phenoxy) is 1. The first-order valence-electron chi connectivity index (χ1n) is 7.63. The summed E-state index contributed by atoms with van der Waals surface area (Å²) in [4.78, 5) is 0. The summed E-state index contributed by atoms with van der Waals surface area (Å²) in [6.07, 6.45) is 2.18. The van der Waals surface area contributed by atoms with E-state index in [0.717, 1.165) is 11.8 Å². The molecule has 0 saturated carbocycles. The molecular formula is C18H21Br3F2O2. The number of rotatable bonds is 4. The van der Waals surface area contributed by atoms with Gasteiger partial charge in [-0.25, -0.2) is 8.78 Å². The Balaban J connectivity index is 0.000000391. The molecule has 0 bridgehead atoms. The molecule has 140 valence electrons. The summed E-state index contributed by atoms with van der Waals surface area (Å²) in [5, 5.41) is 9.96. The monoisotopic (exact) mass is 544 g/mol. The third kappa shape index (κ3) is 11.5. The highest BCUT2D eigenvalue weighted by molar-refractivity contribution is 9.11. The Kier molecular flexibility index (Phi) is 14.1. The Morgan fingerprint density at radius 1 is 0.920 bits per heavy atom. The molecule has 0 aromatic heterocycles. The largest absolute Gasteiger partial charge is 0.507 e. The molecule has 0 radical (unpaired) electrons. The topological polar surface area (TPSA) is 29.5 Å². The van der Waals surface area contributed by atoms with Crippen LogP contribution in [-0.4, -0.2) is 17.0 Å². The molecule has 0 aliphatic carbocycles. The van der Waals surface area contributed by atoms with Crippen molar-refractivity contribution in [1.29, 1.82) is 0 Å². The van der Waals surface area contributed by atoms with Crippen LogP contribution in [0.5, 0.6) is 11.5 Å². The molecular weight excluding hydrogens is 526 g/mol. The molecule has 0 spiro atoms. The highest BCUT2D eigenvalue weighted by atomic mass is 79.9. The maximum Gasteiger partial charge on any atom is 0.133 e. The molecule has 2 aromatic carbocycles. The average Bonchev–Trinajstić information content (AvgIpc) is 2.58. The van der Waals surface area contributed by atoms with Crippen LogP contribution in [0.1, 0.15) is 26.7 Å².